The van der Waals surface area contributed by atoms with Gasteiger partial charge in [-0.25, -0.2) is 0 Å². The third kappa shape index (κ3) is 540. The smallest absolute Gasteiger partial charge is 0.759 e. The summed E-state index contributed by atoms with van der Waals surface area (Å²) in [6, 6.07) is 0. The van der Waals surface area contributed by atoms with Crippen molar-refractivity contribution in [2.45, 2.75) is 0 Å². The quantitative estimate of drug-likeness (QED) is 0.271. The first-order chi connectivity index (χ1) is 4.00. The van der Waals surface area contributed by atoms with E-state index >= 15 is 0 Å². The van der Waals surface area contributed by atoms with E-state index in [1.165, 1.54) is 0 Å². The molecule has 1 radical (unpaired) electrons. The predicted molar refractivity (Wildman–Crippen MR) is 22.5 cm³/mol. The zero-order valence-corrected chi connectivity index (χ0v) is 9.55. The maximum Gasteiger partial charge on any atom is 3.00 e. The Kier molecular flexibility index (Phi) is 11.3. The SMILES string of the molecule is O=P([O-])(O)O.O=S(=O)([O-])[O-].[Ce+3]. The molecule has 0 aliphatic rings. The summed E-state index contributed by atoms with van der Waals surface area (Å²) < 4.78 is 42.9. The molecule has 11 heteroatoms. The van der Waals surface area contributed by atoms with Crippen molar-refractivity contribution in [1.82, 2.24) is 0 Å². The van der Waals surface area contributed by atoms with Crippen molar-refractivity contribution in [3.05, 3.63) is 0 Å². The molecule has 0 saturated heterocycles. The average molecular weight is 333 g/mol. The van der Waals surface area contributed by atoms with E-state index in [9.17, 15) is 0 Å². The number of hydrogen-bond donors (Lipinski definition) is 2. The predicted octanol–water partition coefficient (Wildman–Crippen LogP) is -2.90. The summed E-state index contributed by atoms with van der Waals surface area (Å²) in [5.41, 5.74) is 0. The van der Waals surface area contributed by atoms with Crippen LogP contribution in [-0.4, -0.2) is 27.3 Å². The molecule has 8 nitrogen and oxygen atoms in total. The minimum Gasteiger partial charge on any atom is -0.759 e. The maximum absolute atomic E-state index is 8.77. The minimum atomic E-state index is -5.17. The molecule has 0 atom stereocenters. The van der Waals surface area contributed by atoms with E-state index in [0.29, 0.717) is 0 Å². The summed E-state index contributed by atoms with van der Waals surface area (Å²) >= 11 is 0. The van der Waals surface area contributed by atoms with Crippen LogP contribution >= 0.6 is 7.82 Å². The van der Waals surface area contributed by atoms with Crippen LogP contribution in [0, 0.1) is 41.7 Å². The van der Waals surface area contributed by atoms with Crippen LogP contribution in [0.3, 0.4) is 0 Å². The molecule has 0 saturated carbocycles. The van der Waals surface area contributed by atoms with E-state index in [0.717, 1.165) is 0 Å². The van der Waals surface area contributed by atoms with Crippen LogP contribution in [0.2, 0.25) is 0 Å². The van der Waals surface area contributed by atoms with Crippen LogP contribution in [0.25, 0.3) is 0 Å². The standard InChI is InChI=1S/Ce.H3O4P.H2O4S/c;2*1-5(2,3)4/h;(H3,1,2,3,4);(H2,1,2,3,4)/q+3;;/p-3. The van der Waals surface area contributed by atoms with Gasteiger partial charge < -0.3 is 23.8 Å². The maximum atomic E-state index is 8.77. The van der Waals surface area contributed by atoms with Gasteiger partial charge in [0.15, 0.2) is 0 Å². The number of rotatable bonds is 0. The Morgan fingerprint density at radius 2 is 1.18 bits per heavy atom. The summed E-state index contributed by atoms with van der Waals surface area (Å²) in [5, 5.41) is 0. The third-order valence-electron chi connectivity index (χ3n) is 0. The van der Waals surface area contributed by atoms with E-state index in [1.807, 2.05) is 0 Å². The van der Waals surface area contributed by atoms with E-state index < -0.39 is 18.2 Å². The summed E-state index contributed by atoms with van der Waals surface area (Å²) in [6.45, 7) is 0. The Labute approximate surface area is 95.8 Å². The third-order valence-corrected chi connectivity index (χ3v) is 0. The fraction of sp³-hybridized carbons (Fsp3) is 0. The summed E-state index contributed by atoms with van der Waals surface area (Å²) in [5.74, 6) is 0. The molecule has 0 aromatic rings. The average Bonchev–Trinajstić information content (AvgIpc) is 1.12. The van der Waals surface area contributed by atoms with Crippen LogP contribution in [0.5, 0.6) is 0 Å². The van der Waals surface area contributed by atoms with Crippen molar-refractivity contribution in [3.8, 4) is 0 Å². The Balaban J connectivity index is -0.000000107. The minimum absolute atomic E-state index is 0. The molecule has 0 rings (SSSR count). The van der Waals surface area contributed by atoms with Gasteiger partial charge in [0.2, 0.25) is 0 Å². The Morgan fingerprint density at radius 1 is 1.18 bits per heavy atom. The van der Waals surface area contributed by atoms with Gasteiger partial charge in [0.05, 0.1) is 0 Å². The second-order valence-corrected chi connectivity index (χ2v) is 2.70. The van der Waals surface area contributed by atoms with E-state index in [4.69, 9.17) is 36.8 Å². The first kappa shape index (κ1) is 18.2. The van der Waals surface area contributed by atoms with Gasteiger partial charge in [-0.1, -0.05) is 0 Å². The van der Waals surface area contributed by atoms with Gasteiger partial charge in [-0.2, -0.15) is 0 Å². The Morgan fingerprint density at radius 3 is 1.18 bits per heavy atom. The molecule has 0 aliphatic carbocycles. The molecule has 11 heavy (non-hydrogen) atoms. The molecule has 0 unspecified atom stereocenters. The van der Waals surface area contributed by atoms with Gasteiger partial charge >= 0.3 is 41.7 Å². The zero-order chi connectivity index (χ0) is 9.00. The normalized spacial score (nSPS) is 10.6. The van der Waals surface area contributed by atoms with Crippen LogP contribution in [0.1, 0.15) is 0 Å². The van der Waals surface area contributed by atoms with E-state index in [2.05, 4.69) is 0 Å². The summed E-state index contributed by atoms with van der Waals surface area (Å²) in [4.78, 5) is 22.9. The van der Waals surface area contributed by atoms with Crippen molar-refractivity contribution >= 4 is 18.2 Å². The molecule has 0 spiro atoms. The topological polar surface area (TPSA) is 161 Å². The van der Waals surface area contributed by atoms with Crippen molar-refractivity contribution in [1.29, 1.82) is 0 Å². The largest absolute Gasteiger partial charge is 3.00 e. The second kappa shape index (κ2) is 6.83. The van der Waals surface area contributed by atoms with Crippen molar-refractivity contribution < 1.29 is 78.5 Å². The van der Waals surface area contributed by atoms with Crippen molar-refractivity contribution in [3.63, 3.8) is 0 Å². The fourth-order valence-electron chi connectivity index (χ4n) is 0. The van der Waals surface area contributed by atoms with Gasteiger partial charge in [0.1, 0.15) is 0 Å². The summed E-state index contributed by atoms with van der Waals surface area (Å²) in [6.07, 6.45) is 0. The van der Waals surface area contributed by atoms with Crippen LogP contribution < -0.4 is 4.89 Å². The van der Waals surface area contributed by atoms with Crippen LogP contribution in [-0.2, 0) is 15.0 Å². The monoisotopic (exact) mass is 333 g/mol. The van der Waals surface area contributed by atoms with Gasteiger partial charge in [-0.05, 0) is 0 Å². The van der Waals surface area contributed by atoms with Gasteiger partial charge in [-0.3, -0.25) is 13.0 Å². The number of hydrogen-bond acceptors (Lipinski definition) is 6. The van der Waals surface area contributed by atoms with Gasteiger partial charge in [0, 0.05) is 10.4 Å². The molecule has 0 amide bonds. The van der Waals surface area contributed by atoms with Gasteiger partial charge in [0.25, 0.3) is 7.82 Å². The molecular weight excluding hydrogens is 331 g/mol. The molecule has 65 valence electrons. The molecular formula is H2CeO8PS. The van der Waals surface area contributed by atoms with Crippen molar-refractivity contribution in [2.75, 3.05) is 0 Å². The second-order valence-electron chi connectivity index (χ2n) is 0.899. The zero-order valence-electron chi connectivity index (χ0n) is 4.70. The summed E-state index contributed by atoms with van der Waals surface area (Å²) in [7, 11) is -10.1. The molecule has 0 fully saturated rings. The Hall–Kier alpha value is 1.36. The molecule has 2 N–H and O–H groups in total. The van der Waals surface area contributed by atoms with Crippen LogP contribution in [0.15, 0.2) is 0 Å². The fourth-order valence-corrected chi connectivity index (χ4v) is 0. The molecule has 0 aromatic heterocycles. The molecule has 0 heterocycles. The Bertz CT molecular complexity index is 192. The molecule has 0 bridgehead atoms. The number of phosphoric acid groups is 1. The van der Waals surface area contributed by atoms with E-state index in [-0.39, 0.29) is 41.7 Å². The van der Waals surface area contributed by atoms with Crippen molar-refractivity contribution in [2.24, 2.45) is 0 Å². The molecule has 0 aliphatic heterocycles. The van der Waals surface area contributed by atoms with Crippen LogP contribution in [0.4, 0.5) is 0 Å². The van der Waals surface area contributed by atoms with E-state index in [1.54, 1.807) is 0 Å². The first-order valence-corrected chi connectivity index (χ1v) is 4.30. The van der Waals surface area contributed by atoms with Gasteiger partial charge in [-0.15, -0.1) is 0 Å². The first-order valence-electron chi connectivity index (χ1n) is 1.43. The molecule has 0 aromatic carbocycles.